The third-order valence-electron chi connectivity index (χ3n) is 3.13. The molecule has 104 valence electrons. The summed E-state index contributed by atoms with van der Waals surface area (Å²) in [6.45, 7) is 7.58. The Kier molecular flexibility index (Phi) is 8.06. The second kappa shape index (κ2) is 8.10. The largest absolute Gasteiger partial charge is 0.390 e. The van der Waals surface area contributed by atoms with Crippen LogP contribution in [0, 0.1) is 0 Å². The number of rotatable bonds is 10. The van der Waals surface area contributed by atoms with Gasteiger partial charge in [-0.3, -0.25) is 0 Å². The van der Waals surface area contributed by atoms with E-state index >= 15 is 0 Å². The molecule has 0 saturated heterocycles. The van der Waals surface area contributed by atoms with Crippen molar-refractivity contribution in [2.45, 2.75) is 96.7 Å². The van der Waals surface area contributed by atoms with Crippen molar-refractivity contribution in [2.75, 3.05) is 0 Å². The molecule has 0 rings (SSSR count). The van der Waals surface area contributed by atoms with E-state index in [0.29, 0.717) is 6.42 Å². The summed E-state index contributed by atoms with van der Waals surface area (Å²) >= 11 is 0. The van der Waals surface area contributed by atoms with Crippen molar-refractivity contribution in [3.05, 3.63) is 0 Å². The number of aliphatic hydroxyl groups is 2. The van der Waals surface area contributed by atoms with E-state index < -0.39 is 11.2 Å². The Hall–Kier alpha value is -0.0800. The van der Waals surface area contributed by atoms with Crippen LogP contribution in [0.4, 0.5) is 0 Å². The summed E-state index contributed by atoms with van der Waals surface area (Å²) in [4.78, 5) is 0. The Morgan fingerprint density at radius 1 is 0.765 bits per heavy atom. The van der Waals surface area contributed by atoms with Gasteiger partial charge in [0.1, 0.15) is 0 Å². The van der Waals surface area contributed by atoms with Crippen molar-refractivity contribution >= 4 is 0 Å². The van der Waals surface area contributed by atoms with Gasteiger partial charge in [0.05, 0.1) is 11.2 Å². The predicted molar refractivity (Wildman–Crippen MR) is 74.1 cm³/mol. The highest BCUT2D eigenvalue weighted by molar-refractivity contribution is 4.81. The van der Waals surface area contributed by atoms with Crippen LogP contribution in [0.2, 0.25) is 0 Å². The summed E-state index contributed by atoms with van der Waals surface area (Å²) in [7, 11) is 0. The molecule has 0 aliphatic heterocycles. The molecule has 0 aromatic carbocycles. The average Bonchev–Trinajstić information content (AvgIpc) is 2.12. The fourth-order valence-corrected chi connectivity index (χ4v) is 2.48. The first-order valence-corrected chi connectivity index (χ1v) is 7.21. The van der Waals surface area contributed by atoms with Crippen LogP contribution in [0.3, 0.4) is 0 Å². The van der Waals surface area contributed by atoms with Crippen LogP contribution < -0.4 is 0 Å². The highest BCUT2D eigenvalue weighted by Gasteiger charge is 2.28. The molecule has 0 fully saturated rings. The van der Waals surface area contributed by atoms with Crippen molar-refractivity contribution in [3.63, 3.8) is 0 Å². The first-order chi connectivity index (χ1) is 7.77. The molecule has 2 nitrogen and oxygen atoms in total. The monoisotopic (exact) mass is 244 g/mol. The minimum Gasteiger partial charge on any atom is -0.390 e. The molecular formula is C15H32O2. The zero-order valence-electron chi connectivity index (χ0n) is 12.3. The van der Waals surface area contributed by atoms with E-state index in [1.165, 1.54) is 38.5 Å². The van der Waals surface area contributed by atoms with Gasteiger partial charge < -0.3 is 10.2 Å². The van der Waals surface area contributed by atoms with E-state index in [9.17, 15) is 10.2 Å². The summed E-state index contributed by atoms with van der Waals surface area (Å²) in [6.07, 6.45) is 10.1. The topological polar surface area (TPSA) is 40.5 Å². The van der Waals surface area contributed by atoms with Crippen molar-refractivity contribution in [3.8, 4) is 0 Å². The van der Waals surface area contributed by atoms with Gasteiger partial charge >= 0.3 is 0 Å². The standard InChI is InChI=1S/C15H32O2/c1-5-6-7-8-9-10-11-12-15(4,17)13-14(2,3)16/h16-17H,5-13H2,1-4H3. The van der Waals surface area contributed by atoms with Crippen LogP contribution in [0.5, 0.6) is 0 Å². The van der Waals surface area contributed by atoms with Crippen LogP contribution in [-0.2, 0) is 0 Å². The van der Waals surface area contributed by atoms with Crippen LogP contribution >= 0.6 is 0 Å². The molecular weight excluding hydrogens is 212 g/mol. The van der Waals surface area contributed by atoms with Gasteiger partial charge in [0.25, 0.3) is 0 Å². The molecule has 0 aliphatic carbocycles. The normalized spacial score (nSPS) is 15.9. The summed E-state index contributed by atoms with van der Waals surface area (Å²) in [5, 5.41) is 19.8. The van der Waals surface area contributed by atoms with Crippen LogP contribution in [0.15, 0.2) is 0 Å². The Labute approximate surface area is 107 Å². The van der Waals surface area contributed by atoms with E-state index in [1.807, 2.05) is 6.92 Å². The van der Waals surface area contributed by atoms with Gasteiger partial charge in [-0.15, -0.1) is 0 Å². The van der Waals surface area contributed by atoms with Crippen molar-refractivity contribution < 1.29 is 10.2 Å². The van der Waals surface area contributed by atoms with Gasteiger partial charge in [-0.1, -0.05) is 51.9 Å². The zero-order valence-corrected chi connectivity index (χ0v) is 12.3. The Bertz CT molecular complexity index is 180. The summed E-state index contributed by atoms with van der Waals surface area (Å²) in [5.41, 5.74) is -1.49. The molecule has 2 heteroatoms. The maximum Gasteiger partial charge on any atom is 0.0646 e. The molecule has 0 radical (unpaired) electrons. The van der Waals surface area contributed by atoms with E-state index in [2.05, 4.69) is 6.92 Å². The predicted octanol–water partition coefficient (Wildman–Crippen LogP) is 4.04. The molecule has 1 atom stereocenters. The molecule has 0 spiro atoms. The van der Waals surface area contributed by atoms with Gasteiger partial charge in [-0.25, -0.2) is 0 Å². The molecule has 2 N–H and O–H groups in total. The van der Waals surface area contributed by atoms with E-state index in [-0.39, 0.29) is 0 Å². The minimum absolute atomic E-state index is 0.454. The minimum atomic E-state index is -0.773. The Morgan fingerprint density at radius 3 is 1.71 bits per heavy atom. The zero-order chi connectivity index (χ0) is 13.4. The van der Waals surface area contributed by atoms with Crippen LogP contribution in [-0.4, -0.2) is 21.4 Å². The molecule has 0 saturated carbocycles. The number of hydrogen-bond acceptors (Lipinski definition) is 2. The van der Waals surface area contributed by atoms with Gasteiger partial charge in [0.15, 0.2) is 0 Å². The van der Waals surface area contributed by atoms with Gasteiger partial charge in [0, 0.05) is 6.42 Å². The van der Waals surface area contributed by atoms with Gasteiger partial charge in [-0.05, 0) is 27.2 Å². The first-order valence-electron chi connectivity index (χ1n) is 7.21. The fourth-order valence-electron chi connectivity index (χ4n) is 2.48. The first kappa shape index (κ1) is 16.9. The Balaban J connectivity index is 3.52. The van der Waals surface area contributed by atoms with E-state index in [4.69, 9.17) is 0 Å². The van der Waals surface area contributed by atoms with Crippen molar-refractivity contribution in [1.82, 2.24) is 0 Å². The highest BCUT2D eigenvalue weighted by atomic mass is 16.3. The second-order valence-corrected chi connectivity index (χ2v) is 6.36. The lowest BCUT2D eigenvalue weighted by Gasteiger charge is -2.30. The van der Waals surface area contributed by atoms with Crippen LogP contribution in [0.25, 0.3) is 0 Å². The maximum absolute atomic E-state index is 10.1. The lowest BCUT2D eigenvalue weighted by atomic mass is 9.87. The van der Waals surface area contributed by atoms with E-state index in [1.54, 1.807) is 13.8 Å². The molecule has 17 heavy (non-hydrogen) atoms. The second-order valence-electron chi connectivity index (χ2n) is 6.36. The molecule has 0 aromatic heterocycles. The molecule has 0 bridgehead atoms. The van der Waals surface area contributed by atoms with Crippen molar-refractivity contribution in [2.24, 2.45) is 0 Å². The average molecular weight is 244 g/mol. The molecule has 0 heterocycles. The third kappa shape index (κ3) is 12.2. The number of unbranched alkanes of at least 4 members (excludes halogenated alkanes) is 6. The SMILES string of the molecule is CCCCCCCCCC(C)(O)CC(C)(C)O. The molecule has 0 amide bonds. The molecule has 0 aliphatic rings. The van der Waals surface area contributed by atoms with Crippen LogP contribution in [0.1, 0.15) is 85.5 Å². The summed E-state index contributed by atoms with van der Waals surface area (Å²) in [6, 6.07) is 0. The molecule has 1 unspecified atom stereocenters. The number of hydrogen-bond donors (Lipinski definition) is 2. The van der Waals surface area contributed by atoms with Crippen molar-refractivity contribution in [1.29, 1.82) is 0 Å². The third-order valence-corrected chi connectivity index (χ3v) is 3.13. The van der Waals surface area contributed by atoms with E-state index in [0.717, 1.165) is 12.8 Å². The highest BCUT2D eigenvalue weighted by Crippen LogP contribution is 2.25. The van der Waals surface area contributed by atoms with Gasteiger partial charge in [0.2, 0.25) is 0 Å². The lowest BCUT2D eigenvalue weighted by molar-refractivity contribution is -0.0409. The summed E-state index contributed by atoms with van der Waals surface area (Å²) in [5.74, 6) is 0. The maximum atomic E-state index is 10.1. The summed E-state index contributed by atoms with van der Waals surface area (Å²) < 4.78 is 0. The quantitative estimate of drug-likeness (QED) is 0.569. The van der Waals surface area contributed by atoms with Gasteiger partial charge in [-0.2, -0.15) is 0 Å². The Morgan fingerprint density at radius 2 is 1.24 bits per heavy atom. The smallest absolute Gasteiger partial charge is 0.0646 e. The lowest BCUT2D eigenvalue weighted by Crippen LogP contribution is -2.35. The fraction of sp³-hybridized carbons (Fsp3) is 1.00. The molecule has 0 aromatic rings.